The second-order valence-electron chi connectivity index (χ2n) is 3.67. The van der Waals surface area contributed by atoms with Gasteiger partial charge in [-0.2, -0.15) is 9.97 Å². The second-order valence-corrected chi connectivity index (χ2v) is 3.67. The third-order valence-corrected chi connectivity index (χ3v) is 2.61. The van der Waals surface area contributed by atoms with Crippen molar-refractivity contribution < 1.29 is 9.84 Å². The molecule has 0 spiro atoms. The van der Waals surface area contributed by atoms with Crippen molar-refractivity contribution in [3.8, 4) is 11.6 Å². The van der Waals surface area contributed by atoms with Gasteiger partial charge in [-0.15, -0.1) is 0 Å². The SMILES string of the molecule is COc1nc(N)nc2[nH]c3ccc(O)cc3c12. The summed E-state index contributed by atoms with van der Waals surface area (Å²) in [6.45, 7) is 0. The van der Waals surface area contributed by atoms with E-state index in [4.69, 9.17) is 10.5 Å². The molecule has 0 amide bonds. The van der Waals surface area contributed by atoms with Crippen LogP contribution < -0.4 is 10.5 Å². The number of aromatic amines is 1. The number of phenols is 1. The minimum atomic E-state index is 0.144. The molecule has 17 heavy (non-hydrogen) atoms. The zero-order chi connectivity index (χ0) is 12.0. The van der Waals surface area contributed by atoms with Gasteiger partial charge in [0.1, 0.15) is 11.4 Å². The number of phenolic OH excluding ortho intramolecular Hbond substituents is 1. The highest BCUT2D eigenvalue weighted by molar-refractivity contribution is 6.09. The van der Waals surface area contributed by atoms with E-state index in [1.54, 1.807) is 18.2 Å². The van der Waals surface area contributed by atoms with Crippen molar-refractivity contribution in [1.29, 1.82) is 0 Å². The van der Waals surface area contributed by atoms with Gasteiger partial charge in [0.2, 0.25) is 11.8 Å². The molecular formula is C11H10N4O2. The summed E-state index contributed by atoms with van der Waals surface area (Å²) in [5.41, 5.74) is 7.02. The summed E-state index contributed by atoms with van der Waals surface area (Å²) >= 11 is 0. The number of fused-ring (bicyclic) bond motifs is 3. The molecule has 0 unspecified atom stereocenters. The van der Waals surface area contributed by atoms with Crippen LogP contribution >= 0.6 is 0 Å². The number of ether oxygens (including phenoxy) is 1. The van der Waals surface area contributed by atoms with E-state index in [-0.39, 0.29) is 11.7 Å². The number of rotatable bonds is 1. The Morgan fingerprint density at radius 3 is 2.94 bits per heavy atom. The zero-order valence-electron chi connectivity index (χ0n) is 9.06. The fourth-order valence-electron chi connectivity index (χ4n) is 1.91. The minimum absolute atomic E-state index is 0.144. The third-order valence-electron chi connectivity index (χ3n) is 2.61. The fourth-order valence-corrected chi connectivity index (χ4v) is 1.91. The third kappa shape index (κ3) is 1.34. The summed E-state index contributed by atoms with van der Waals surface area (Å²) in [6, 6.07) is 5.00. The Bertz CT molecular complexity index is 720. The van der Waals surface area contributed by atoms with Crippen molar-refractivity contribution in [2.24, 2.45) is 0 Å². The molecule has 0 saturated carbocycles. The molecule has 0 radical (unpaired) electrons. The summed E-state index contributed by atoms with van der Waals surface area (Å²) < 4.78 is 5.18. The highest BCUT2D eigenvalue weighted by Gasteiger charge is 2.13. The molecular weight excluding hydrogens is 220 g/mol. The maximum atomic E-state index is 9.51. The van der Waals surface area contributed by atoms with Gasteiger partial charge in [-0.3, -0.25) is 0 Å². The molecule has 0 fully saturated rings. The normalized spacial score (nSPS) is 11.1. The standard InChI is InChI=1S/C11H10N4O2/c1-17-10-8-6-4-5(16)2-3-7(6)13-9(8)14-11(12)15-10/h2-4,16H,1H3,(H3,12,13,14,15). The lowest BCUT2D eigenvalue weighted by molar-refractivity contribution is 0.403. The molecule has 0 saturated heterocycles. The first-order chi connectivity index (χ1) is 8.19. The average molecular weight is 230 g/mol. The monoisotopic (exact) mass is 230 g/mol. The number of nitrogens with two attached hydrogens (primary N) is 1. The number of aromatic hydroxyl groups is 1. The van der Waals surface area contributed by atoms with Crippen LogP contribution in [0.5, 0.6) is 11.6 Å². The largest absolute Gasteiger partial charge is 0.508 e. The second kappa shape index (κ2) is 3.24. The molecule has 86 valence electrons. The number of nitrogens with zero attached hydrogens (tertiary/aromatic N) is 2. The molecule has 0 aliphatic heterocycles. The molecule has 4 N–H and O–H groups in total. The maximum Gasteiger partial charge on any atom is 0.228 e. The van der Waals surface area contributed by atoms with E-state index in [0.29, 0.717) is 16.9 Å². The van der Waals surface area contributed by atoms with Crippen LogP contribution in [0.15, 0.2) is 18.2 Å². The first kappa shape index (κ1) is 9.71. The van der Waals surface area contributed by atoms with Gasteiger partial charge in [0, 0.05) is 10.9 Å². The van der Waals surface area contributed by atoms with E-state index in [9.17, 15) is 5.11 Å². The smallest absolute Gasteiger partial charge is 0.228 e. The lowest BCUT2D eigenvalue weighted by Gasteiger charge is -2.01. The Hall–Kier alpha value is -2.50. The van der Waals surface area contributed by atoms with Crippen molar-refractivity contribution in [3.05, 3.63) is 18.2 Å². The fraction of sp³-hybridized carbons (Fsp3) is 0.0909. The molecule has 2 aromatic heterocycles. The van der Waals surface area contributed by atoms with Gasteiger partial charge in [-0.05, 0) is 18.2 Å². The van der Waals surface area contributed by atoms with Gasteiger partial charge in [0.05, 0.1) is 12.5 Å². The van der Waals surface area contributed by atoms with Crippen LogP contribution in [0.2, 0.25) is 0 Å². The van der Waals surface area contributed by atoms with Gasteiger partial charge in [0.15, 0.2) is 0 Å². The van der Waals surface area contributed by atoms with E-state index < -0.39 is 0 Å². The van der Waals surface area contributed by atoms with Crippen molar-refractivity contribution in [2.45, 2.75) is 0 Å². The van der Waals surface area contributed by atoms with Crippen molar-refractivity contribution in [1.82, 2.24) is 15.0 Å². The summed E-state index contributed by atoms with van der Waals surface area (Å²) in [5.74, 6) is 0.715. The van der Waals surface area contributed by atoms with Crippen molar-refractivity contribution in [3.63, 3.8) is 0 Å². The molecule has 0 bridgehead atoms. The van der Waals surface area contributed by atoms with Gasteiger partial charge < -0.3 is 20.6 Å². The van der Waals surface area contributed by atoms with Crippen LogP contribution in [0.25, 0.3) is 21.9 Å². The van der Waals surface area contributed by atoms with Crippen molar-refractivity contribution in [2.75, 3.05) is 12.8 Å². The molecule has 3 aromatic rings. The van der Waals surface area contributed by atoms with Crippen LogP contribution in [0.3, 0.4) is 0 Å². The van der Waals surface area contributed by atoms with Crippen molar-refractivity contribution >= 4 is 27.9 Å². The molecule has 2 heterocycles. The number of methoxy groups -OCH3 is 1. The first-order valence-corrected chi connectivity index (χ1v) is 5.01. The van der Waals surface area contributed by atoms with Crippen LogP contribution in [-0.2, 0) is 0 Å². The number of benzene rings is 1. The summed E-state index contributed by atoms with van der Waals surface area (Å²) in [4.78, 5) is 11.2. The van der Waals surface area contributed by atoms with E-state index in [0.717, 1.165) is 10.9 Å². The molecule has 1 aromatic carbocycles. The molecule has 0 aliphatic rings. The molecule has 6 heteroatoms. The number of aromatic nitrogens is 3. The number of hydrogen-bond acceptors (Lipinski definition) is 5. The summed E-state index contributed by atoms with van der Waals surface area (Å²) in [5, 5.41) is 11.0. The molecule has 3 rings (SSSR count). The number of H-pyrrole nitrogens is 1. The molecule has 0 atom stereocenters. The average Bonchev–Trinajstić information content (AvgIpc) is 2.65. The van der Waals surface area contributed by atoms with Crippen LogP contribution in [-0.4, -0.2) is 27.2 Å². The first-order valence-electron chi connectivity index (χ1n) is 5.01. The van der Waals surface area contributed by atoms with Crippen LogP contribution in [0.1, 0.15) is 0 Å². The summed E-state index contributed by atoms with van der Waals surface area (Å²) in [7, 11) is 1.52. The lowest BCUT2D eigenvalue weighted by atomic mass is 10.2. The predicted octanol–water partition coefficient (Wildman–Crippen LogP) is 1.41. The van der Waals surface area contributed by atoms with Gasteiger partial charge in [-0.1, -0.05) is 0 Å². The van der Waals surface area contributed by atoms with Gasteiger partial charge in [0.25, 0.3) is 0 Å². The predicted molar refractivity (Wildman–Crippen MR) is 64.0 cm³/mol. The van der Waals surface area contributed by atoms with Gasteiger partial charge in [-0.25, -0.2) is 0 Å². The zero-order valence-corrected chi connectivity index (χ0v) is 9.06. The summed E-state index contributed by atoms with van der Waals surface area (Å²) in [6.07, 6.45) is 0. The quantitative estimate of drug-likeness (QED) is 0.587. The van der Waals surface area contributed by atoms with E-state index >= 15 is 0 Å². The topological polar surface area (TPSA) is 97.0 Å². The Morgan fingerprint density at radius 2 is 2.18 bits per heavy atom. The molecule has 6 nitrogen and oxygen atoms in total. The number of nitrogen functional groups attached to an aromatic ring is 1. The number of hydrogen-bond donors (Lipinski definition) is 3. The highest BCUT2D eigenvalue weighted by atomic mass is 16.5. The van der Waals surface area contributed by atoms with Gasteiger partial charge >= 0.3 is 0 Å². The van der Waals surface area contributed by atoms with E-state index in [1.807, 2.05) is 0 Å². The van der Waals surface area contributed by atoms with E-state index in [1.165, 1.54) is 7.11 Å². The Labute approximate surface area is 96.1 Å². The lowest BCUT2D eigenvalue weighted by Crippen LogP contribution is -1.97. The Morgan fingerprint density at radius 1 is 1.35 bits per heavy atom. The number of anilines is 1. The highest BCUT2D eigenvalue weighted by Crippen LogP contribution is 2.32. The Kier molecular flexibility index (Phi) is 1.85. The van der Waals surface area contributed by atoms with Crippen LogP contribution in [0, 0.1) is 0 Å². The number of nitrogens with one attached hydrogen (secondary N) is 1. The minimum Gasteiger partial charge on any atom is -0.508 e. The molecule has 0 aliphatic carbocycles. The van der Waals surface area contributed by atoms with Crippen LogP contribution in [0.4, 0.5) is 5.95 Å². The van der Waals surface area contributed by atoms with E-state index in [2.05, 4.69) is 15.0 Å². The maximum absolute atomic E-state index is 9.51. The Balaban J connectivity index is 2.53.